The Balaban J connectivity index is 3.13. The molecular weight excluding hydrogens is 194 g/mol. The van der Waals surface area contributed by atoms with Gasteiger partial charge in [-0.1, -0.05) is 32.4 Å². The van der Waals surface area contributed by atoms with Crippen molar-refractivity contribution in [1.29, 1.82) is 0 Å². The minimum absolute atomic E-state index is 0.0248. The van der Waals surface area contributed by atoms with E-state index in [0.29, 0.717) is 4.47 Å². The molecule has 0 aliphatic carbocycles. The summed E-state index contributed by atoms with van der Waals surface area (Å²) in [6.07, 6.45) is 0. The predicted molar refractivity (Wildman–Crippen MR) is 51.7 cm³/mol. The van der Waals surface area contributed by atoms with E-state index in [1.165, 1.54) is 11.3 Å². The topological polar surface area (TPSA) is 33.1 Å². The number of aliphatic hydroxyl groups excluding tert-OH is 1. The minimum Gasteiger partial charge on any atom is -0.391 e. The largest absolute Gasteiger partial charge is 0.391 e. The van der Waals surface area contributed by atoms with Crippen molar-refractivity contribution in [2.45, 2.75) is 32.8 Å². The van der Waals surface area contributed by atoms with Gasteiger partial charge in [-0.25, -0.2) is 4.98 Å². The lowest BCUT2D eigenvalue weighted by atomic mass is 9.91. The average molecular weight is 206 g/mol. The van der Waals surface area contributed by atoms with Gasteiger partial charge < -0.3 is 5.11 Å². The first-order valence-corrected chi connectivity index (χ1v) is 4.91. The molecule has 0 bridgehead atoms. The van der Waals surface area contributed by atoms with E-state index in [4.69, 9.17) is 16.7 Å². The highest BCUT2D eigenvalue weighted by atomic mass is 35.5. The molecule has 1 aromatic rings. The molecule has 1 heterocycles. The third-order valence-electron chi connectivity index (χ3n) is 1.53. The van der Waals surface area contributed by atoms with Gasteiger partial charge in [-0.15, -0.1) is 11.3 Å². The van der Waals surface area contributed by atoms with Crippen LogP contribution in [0.4, 0.5) is 0 Å². The van der Waals surface area contributed by atoms with Crippen LogP contribution in [-0.4, -0.2) is 10.1 Å². The molecule has 68 valence electrons. The van der Waals surface area contributed by atoms with Crippen LogP contribution in [0.25, 0.3) is 0 Å². The fourth-order valence-corrected chi connectivity index (χ4v) is 2.23. The number of aromatic nitrogens is 1. The number of aliphatic hydroxyl groups is 1. The zero-order valence-electron chi connectivity index (χ0n) is 7.39. The number of thiazole rings is 1. The molecule has 1 rings (SSSR count). The lowest BCUT2D eigenvalue weighted by molar-refractivity contribution is 0.282. The number of nitrogens with zero attached hydrogens (tertiary/aromatic N) is 1. The van der Waals surface area contributed by atoms with E-state index in [2.05, 4.69) is 25.8 Å². The highest BCUT2D eigenvalue weighted by Crippen LogP contribution is 2.31. The van der Waals surface area contributed by atoms with E-state index in [9.17, 15) is 0 Å². The Bertz CT molecular complexity index is 277. The van der Waals surface area contributed by atoms with Gasteiger partial charge in [0.25, 0.3) is 0 Å². The van der Waals surface area contributed by atoms with Gasteiger partial charge in [0, 0.05) is 5.41 Å². The van der Waals surface area contributed by atoms with Gasteiger partial charge in [-0.2, -0.15) is 0 Å². The monoisotopic (exact) mass is 205 g/mol. The van der Waals surface area contributed by atoms with Gasteiger partial charge in [-0.05, 0) is 0 Å². The molecule has 0 aliphatic heterocycles. The summed E-state index contributed by atoms with van der Waals surface area (Å²) in [5.74, 6) is 0. The Kier molecular flexibility index (Phi) is 2.76. The Morgan fingerprint density at radius 1 is 1.50 bits per heavy atom. The van der Waals surface area contributed by atoms with Crippen molar-refractivity contribution in [2.24, 2.45) is 0 Å². The summed E-state index contributed by atoms with van der Waals surface area (Å²) in [7, 11) is 0. The standard InChI is InChI=1S/C8H12ClNOS/c1-8(2,3)6-5(4-11)12-7(9)10-6/h11H,4H2,1-3H3. The van der Waals surface area contributed by atoms with E-state index in [1.807, 2.05) is 0 Å². The summed E-state index contributed by atoms with van der Waals surface area (Å²) in [6.45, 7) is 6.18. The smallest absolute Gasteiger partial charge is 0.184 e. The maximum Gasteiger partial charge on any atom is 0.184 e. The summed E-state index contributed by atoms with van der Waals surface area (Å²) in [6, 6.07) is 0. The van der Waals surface area contributed by atoms with E-state index < -0.39 is 0 Å². The average Bonchev–Trinajstić information content (AvgIpc) is 2.29. The van der Waals surface area contributed by atoms with Crippen LogP contribution in [0.5, 0.6) is 0 Å². The van der Waals surface area contributed by atoms with Crippen molar-refractivity contribution < 1.29 is 5.11 Å². The normalized spacial score (nSPS) is 12.1. The van der Waals surface area contributed by atoms with Crippen molar-refractivity contribution >= 4 is 22.9 Å². The Morgan fingerprint density at radius 2 is 2.08 bits per heavy atom. The molecular formula is C8H12ClNOS. The van der Waals surface area contributed by atoms with Crippen LogP contribution in [0.15, 0.2) is 0 Å². The van der Waals surface area contributed by atoms with Crippen LogP contribution in [0.2, 0.25) is 4.47 Å². The molecule has 0 atom stereocenters. The molecule has 2 nitrogen and oxygen atoms in total. The summed E-state index contributed by atoms with van der Waals surface area (Å²) >= 11 is 7.09. The predicted octanol–water partition coefficient (Wildman–Crippen LogP) is 2.59. The Morgan fingerprint density at radius 3 is 2.42 bits per heavy atom. The Hall–Kier alpha value is -0.120. The summed E-state index contributed by atoms with van der Waals surface area (Å²) in [5, 5.41) is 9.01. The van der Waals surface area contributed by atoms with Crippen LogP contribution in [0, 0.1) is 0 Å². The molecule has 4 heteroatoms. The second-order valence-corrected chi connectivity index (χ2v) is 5.31. The van der Waals surface area contributed by atoms with Crippen LogP contribution in [0.3, 0.4) is 0 Å². The van der Waals surface area contributed by atoms with Crippen molar-refractivity contribution in [1.82, 2.24) is 4.98 Å². The molecule has 12 heavy (non-hydrogen) atoms. The van der Waals surface area contributed by atoms with Crippen molar-refractivity contribution in [3.63, 3.8) is 0 Å². The van der Waals surface area contributed by atoms with Gasteiger partial charge in [0.2, 0.25) is 0 Å². The number of hydrogen-bond acceptors (Lipinski definition) is 3. The molecule has 0 radical (unpaired) electrons. The molecule has 0 spiro atoms. The SMILES string of the molecule is CC(C)(C)c1nc(Cl)sc1CO. The molecule has 0 saturated heterocycles. The first-order chi connectivity index (χ1) is 5.45. The van der Waals surface area contributed by atoms with Crippen molar-refractivity contribution in [3.8, 4) is 0 Å². The lowest BCUT2D eigenvalue weighted by Crippen LogP contribution is -2.13. The first kappa shape index (κ1) is 9.96. The fourth-order valence-electron chi connectivity index (χ4n) is 1.02. The van der Waals surface area contributed by atoms with Gasteiger partial charge >= 0.3 is 0 Å². The highest BCUT2D eigenvalue weighted by molar-refractivity contribution is 7.15. The third kappa shape index (κ3) is 1.97. The van der Waals surface area contributed by atoms with Crippen molar-refractivity contribution in [2.75, 3.05) is 0 Å². The van der Waals surface area contributed by atoms with Gasteiger partial charge in [0.05, 0.1) is 17.2 Å². The van der Waals surface area contributed by atoms with E-state index in [-0.39, 0.29) is 12.0 Å². The van der Waals surface area contributed by atoms with E-state index >= 15 is 0 Å². The lowest BCUT2D eigenvalue weighted by Gasteiger charge is -2.16. The molecule has 1 N–H and O–H groups in total. The molecule has 0 amide bonds. The molecule has 0 unspecified atom stereocenters. The van der Waals surface area contributed by atoms with Gasteiger partial charge in [-0.3, -0.25) is 0 Å². The Labute approximate surface area is 81.2 Å². The number of halogens is 1. The van der Waals surface area contributed by atoms with Crippen molar-refractivity contribution in [3.05, 3.63) is 15.0 Å². The number of hydrogen-bond donors (Lipinski definition) is 1. The highest BCUT2D eigenvalue weighted by Gasteiger charge is 2.22. The van der Waals surface area contributed by atoms with E-state index in [0.717, 1.165) is 10.6 Å². The second kappa shape index (κ2) is 3.32. The molecule has 1 aromatic heterocycles. The molecule has 0 aromatic carbocycles. The van der Waals surface area contributed by atoms with Gasteiger partial charge in [0.1, 0.15) is 0 Å². The zero-order valence-corrected chi connectivity index (χ0v) is 8.96. The quantitative estimate of drug-likeness (QED) is 0.765. The minimum atomic E-state index is -0.0400. The third-order valence-corrected chi connectivity index (χ3v) is 2.67. The molecule has 0 saturated carbocycles. The summed E-state index contributed by atoms with van der Waals surface area (Å²) < 4.78 is 0.504. The van der Waals surface area contributed by atoms with Crippen LogP contribution < -0.4 is 0 Å². The first-order valence-electron chi connectivity index (χ1n) is 3.71. The number of rotatable bonds is 1. The maximum atomic E-state index is 9.01. The van der Waals surface area contributed by atoms with Crippen LogP contribution >= 0.6 is 22.9 Å². The summed E-state index contributed by atoms with van der Waals surface area (Å²) in [4.78, 5) is 5.04. The maximum absolute atomic E-state index is 9.01. The van der Waals surface area contributed by atoms with E-state index in [1.54, 1.807) is 0 Å². The molecule has 0 aliphatic rings. The second-order valence-electron chi connectivity index (χ2n) is 3.65. The zero-order chi connectivity index (χ0) is 9.35. The fraction of sp³-hybridized carbons (Fsp3) is 0.625. The van der Waals surface area contributed by atoms with Crippen LogP contribution in [-0.2, 0) is 12.0 Å². The molecule has 0 fully saturated rings. The van der Waals surface area contributed by atoms with Gasteiger partial charge in [0.15, 0.2) is 4.47 Å². The summed E-state index contributed by atoms with van der Waals surface area (Å²) in [5.41, 5.74) is 0.863. The van der Waals surface area contributed by atoms with Crippen LogP contribution in [0.1, 0.15) is 31.3 Å².